The highest BCUT2D eigenvalue weighted by atomic mass is 79.9. The van der Waals surface area contributed by atoms with Crippen molar-refractivity contribution in [1.82, 2.24) is 10.2 Å². The summed E-state index contributed by atoms with van der Waals surface area (Å²) in [4.78, 5) is 10.4. The first-order valence-electron chi connectivity index (χ1n) is 4.70. The zero-order valence-corrected chi connectivity index (χ0v) is 11.9. The van der Waals surface area contributed by atoms with Crippen LogP contribution in [0.4, 0.5) is 0 Å². The largest absolute Gasteiger partial charge is 0.481 e. The number of aromatic nitrogens is 2. The van der Waals surface area contributed by atoms with E-state index in [1.165, 1.54) is 0 Å². The molecule has 0 atom stereocenters. The number of hydrogen-bond donors (Lipinski definition) is 1. The Kier molecular flexibility index (Phi) is 4.26. The zero-order chi connectivity index (χ0) is 13.1. The highest BCUT2D eigenvalue weighted by Crippen LogP contribution is 2.31. The summed E-state index contributed by atoms with van der Waals surface area (Å²) in [6, 6.07) is 5.16. The van der Waals surface area contributed by atoms with Gasteiger partial charge in [-0.25, -0.2) is 0 Å². The van der Waals surface area contributed by atoms with E-state index in [4.69, 9.17) is 21.1 Å². The summed E-state index contributed by atoms with van der Waals surface area (Å²) in [7, 11) is 0. The monoisotopic (exact) mass is 348 g/mol. The second kappa shape index (κ2) is 5.73. The third kappa shape index (κ3) is 3.24. The van der Waals surface area contributed by atoms with Gasteiger partial charge in [-0.15, -0.1) is 10.2 Å². The second-order valence-electron chi connectivity index (χ2n) is 3.18. The summed E-state index contributed by atoms with van der Waals surface area (Å²) < 4.78 is 6.08. The lowest BCUT2D eigenvalue weighted by Gasteiger charge is -1.99. The topological polar surface area (TPSA) is 76.2 Å². The zero-order valence-electron chi connectivity index (χ0n) is 8.76. The lowest BCUT2D eigenvalue weighted by Crippen LogP contribution is -1.97. The quantitative estimate of drug-likeness (QED) is 0.853. The van der Waals surface area contributed by atoms with Crippen molar-refractivity contribution in [3.8, 4) is 11.5 Å². The minimum absolute atomic E-state index is 0.122. The van der Waals surface area contributed by atoms with Crippen molar-refractivity contribution in [2.24, 2.45) is 0 Å². The van der Waals surface area contributed by atoms with E-state index in [1.807, 2.05) is 0 Å². The first kappa shape index (κ1) is 13.4. The fraction of sp³-hybridized carbons (Fsp3) is 0.100. The van der Waals surface area contributed by atoms with Crippen LogP contribution < -0.4 is 0 Å². The molecule has 1 aromatic heterocycles. The van der Waals surface area contributed by atoms with Crippen LogP contribution in [0.1, 0.15) is 0 Å². The van der Waals surface area contributed by atoms with Crippen LogP contribution in [-0.2, 0) is 4.79 Å². The maximum atomic E-state index is 10.4. The molecule has 0 aliphatic rings. The Morgan fingerprint density at radius 3 is 2.94 bits per heavy atom. The van der Waals surface area contributed by atoms with Crippen LogP contribution in [0.15, 0.2) is 32.3 Å². The van der Waals surface area contributed by atoms with E-state index in [1.54, 1.807) is 18.2 Å². The van der Waals surface area contributed by atoms with Gasteiger partial charge in [0, 0.05) is 9.50 Å². The Balaban J connectivity index is 2.21. The molecule has 0 aliphatic heterocycles. The highest BCUT2D eigenvalue weighted by Gasteiger charge is 2.13. The predicted molar refractivity (Wildman–Crippen MR) is 70.8 cm³/mol. The molecule has 2 aromatic rings. The van der Waals surface area contributed by atoms with E-state index < -0.39 is 5.97 Å². The Morgan fingerprint density at radius 2 is 2.28 bits per heavy atom. The molecule has 18 heavy (non-hydrogen) atoms. The molecule has 0 saturated carbocycles. The predicted octanol–water partition coefficient (Wildman–Crippen LogP) is 3.33. The molecule has 2 rings (SSSR count). The normalized spacial score (nSPS) is 10.6. The van der Waals surface area contributed by atoms with E-state index in [9.17, 15) is 4.79 Å². The molecular formula is C10H6BrClN2O3S. The molecule has 0 saturated heterocycles. The van der Waals surface area contributed by atoms with Gasteiger partial charge in [0.1, 0.15) is 5.75 Å². The number of thioether (sulfide) groups is 1. The minimum Gasteiger partial charge on any atom is -0.481 e. The third-order valence-electron chi connectivity index (χ3n) is 1.89. The van der Waals surface area contributed by atoms with Crippen molar-refractivity contribution in [2.45, 2.75) is 5.22 Å². The number of hydrogen-bond acceptors (Lipinski definition) is 5. The number of carboxylic acid groups (broad SMARTS) is 1. The van der Waals surface area contributed by atoms with Gasteiger partial charge >= 0.3 is 5.97 Å². The van der Waals surface area contributed by atoms with Gasteiger partial charge in [-0.05, 0) is 34.1 Å². The van der Waals surface area contributed by atoms with Crippen molar-refractivity contribution < 1.29 is 14.3 Å². The number of benzene rings is 1. The maximum absolute atomic E-state index is 10.4. The lowest BCUT2D eigenvalue weighted by molar-refractivity contribution is -0.133. The van der Waals surface area contributed by atoms with Crippen molar-refractivity contribution in [1.29, 1.82) is 0 Å². The van der Waals surface area contributed by atoms with Crippen LogP contribution in [0.2, 0.25) is 5.02 Å². The Hall–Kier alpha value is -1.05. The number of rotatable bonds is 4. The summed E-state index contributed by atoms with van der Waals surface area (Å²) in [5.74, 6) is -0.748. The average molecular weight is 350 g/mol. The van der Waals surface area contributed by atoms with Crippen LogP contribution in [0.3, 0.4) is 0 Å². The molecule has 8 heteroatoms. The molecule has 0 amide bonds. The van der Waals surface area contributed by atoms with Gasteiger partial charge in [0.05, 0.1) is 5.56 Å². The van der Waals surface area contributed by atoms with Crippen molar-refractivity contribution in [3.05, 3.63) is 27.7 Å². The van der Waals surface area contributed by atoms with Gasteiger partial charge in [0.15, 0.2) is 0 Å². The van der Waals surface area contributed by atoms with E-state index in [-0.39, 0.29) is 11.0 Å². The van der Waals surface area contributed by atoms with Crippen LogP contribution in [-0.4, -0.2) is 27.0 Å². The SMILES string of the molecule is O=C(O)CSc1nnc(-c2ccc(Cl)cc2Br)o1. The first-order chi connectivity index (χ1) is 8.56. The van der Waals surface area contributed by atoms with Crippen LogP contribution >= 0.6 is 39.3 Å². The van der Waals surface area contributed by atoms with Gasteiger partial charge in [-0.1, -0.05) is 23.4 Å². The van der Waals surface area contributed by atoms with Crippen molar-refractivity contribution in [3.63, 3.8) is 0 Å². The molecule has 0 bridgehead atoms. The fourth-order valence-corrected chi connectivity index (χ4v) is 2.50. The number of carboxylic acids is 1. The Labute approximate surface area is 120 Å². The van der Waals surface area contributed by atoms with E-state index in [0.717, 1.165) is 16.2 Å². The number of nitrogens with zero attached hydrogens (tertiary/aromatic N) is 2. The molecule has 1 aromatic carbocycles. The van der Waals surface area contributed by atoms with Gasteiger partial charge in [0.25, 0.3) is 5.22 Å². The van der Waals surface area contributed by atoms with Gasteiger partial charge in [0.2, 0.25) is 5.89 Å². The van der Waals surface area contributed by atoms with Crippen LogP contribution in [0, 0.1) is 0 Å². The van der Waals surface area contributed by atoms with Gasteiger partial charge < -0.3 is 9.52 Å². The molecule has 0 aliphatic carbocycles. The van der Waals surface area contributed by atoms with E-state index in [2.05, 4.69) is 26.1 Å². The second-order valence-corrected chi connectivity index (χ2v) is 5.40. The van der Waals surface area contributed by atoms with Crippen LogP contribution in [0.5, 0.6) is 0 Å². The molecule has 1 N–H and O–H groups in total. The summed E-state index contributed by atoms with van der Waals surface area (Å²) >= 11 is 10.1. The first-order valence-corrected chi connectivity index (χ1v) is 6.85. The van der Waals surface area contributed by atoms with Gasteiger partial charge in [-0.2, -0.15) is 0 Å². The summed E-state index contributed by atoms with van der Waals surface area (Å²) in [5.41, 5.74) is 0.703. The smallest absolute Gasteiger partial charge is 0.314 e. The Bertz CT molecular complexity index is 590. The van der Waals surface area contributed by atoms with Crippen LogP contribution in [0.25, 0.3) is 11.5 Å². The van der Waals surface area contributed by atoms with Crippen molar-refractivity contribution >= 4 is 45.3 Å². The molecule has 0 fully saturated rings. The molecular weight excluding hydrogens is 344 g/mol. The standard InChI is InChI=1S/C10H6BrClN2O3S/c11-7-3-5(12)1-2-6(7)9-13-14-10(17-9)18-4-8(15)16/h1-3H,4H2,(H,15,16). The van der Waals surface area contributed by atoms with Gasteiger partial charge in [-0.3, -0.25) is 4.79 Å². The summed E-state index contributed by atoms with van der Waals surface area (Å²) in [6.07, 6.45) is 0. The minimum atomic E-state index is -0.938. The molecule has 5 nitrogen and oxygen atoms in total. The molecule has 1 heterocycles. The van der Waals surface area contributed by atoms with Crippen molar-refractivity contribution in [2.75, 3.05) is 5.75 Å². The lowest BCUT2D eigenvalue weighted by atomic mass is 10.2. The van der Waals surface area contributed by atoms with E-state index in [0.29, 0.717) is 16.5 Å². The fourth-order valence-electron chi connectivity index (χ4n) is 1.16. The number of aliphatic carboxylic acids is 1. The highest BCUT2D eigenvalue weighted by molar-refractivity contribution is 9.10. The molecule has 0 radical (unpaired) electrons. The maximum Gasteiger partial charge on any atom is 0.314 e. The third-order valence-corrected chi connectivity index (χ3v) is 3.58. The molecule has 0 unspecified atom stereocenters. The van der Waals surface area contributed by atoms with E-state index >= 15 is 0 Å². The average Bonchev–Trinajstić information content (AvgIpc) is 2.75. The number of halogens is 2. The summed E-state index contributed by atoms with van der Waals surface area (Å²) in [5, 5.41) is 17.0. The molecule has 0 spiro atoms. The Morgan fingerprint density at radius 1 is 1.50 bits per heavy atom. The molecule has 94 valence electrons. The number of carbonyl (C=O) groups is 1. The summed E-state index contributed by atoms with van der Waals surface area (Å²) in [6.45, 7) is 0.